The van der Waals surface area contributed by atoms with Gasteiger partial charge in [0.15, 0.2) is 11.5 Å². The van der Waals surface area contributed by atoms with Crippen LogP contribution in [0.15, 0.2) is 10.7 Å². The van der Waals surface area contributed by atoms with Crippen LogP contribution in [0.2, 0.25) is 0 Å². The highest BCUT2D eigenvalue weighted by atomic mass is 19.4. The Labute approximate surface area is 117 Å². The van der Waals surface area contributed by atoms with Crippen molar-refractivity contribution in [3.8, 4) is 0 Å². The molecule has 0 bridgehead atoms. The predicted octanol–water partition coefficient (Wildman–Crippen LogP) is 1.75. The molecule has 0 fully saturated rings. The second-order valence-electron chi connectivity index (χ2n) is 5.39. The molecule has 2 heterocycles. The number of halogens is 3. The van der Waals surface area contributed by atoms with Gasteiger partial charge in [0.1, 0.15) is 6.54 Å². The minimum Gasteiger partial charge on any atom is -0.337 e. The Bertz CT molecular complexity index is 653. The van der Waals surface area contributed by atoms with Crippen LogP contribution in [0.1, 0.15) is 43.0 Å². The molecule has 0 amide bonds. The summed E-state index contributed by atoms with van der Waals surface area (Å²) in [6, 6.07) is 0. The van der Waals surface area contributed by atoms with Crippen LogP contribution >= 0.6 is 0 Å². The van der Waals surface area contributed by atoms with E-state index in [9.17, 15) is 18.0 Å². The van der Waals surface area contributed by atoms with E-state index in [1.165, 1.54) is 0 Å². The molecule has 0 N–H and O–H groups in total. The van der Waals surface area contributed by atoms with Gasteiger partial charge in [0.05, 0.1) is 6.20 Å². The quantitative estimate of drug-likeness (QED) is 0.803. The number of carbonyl (C=O) groups is 1. The van der Waals surface area contributed by atoms with Crippen LogP contribution in [-0.2, 0) is 12.0 Å². The van der Waals surface area contributed by atoms with Crippen LogP contribution in [0.5, 0.6) is 0 Å². The molecule has 0 aromatic carbocycles. The SMILES string of the molecule is CC(C)(C)c1noc(Cn2cc(C(=O)C(F)(F)F)nn2)n1. The molecule has 0 spiro atoms. The van der Waals surface area contributed by atoms with E-state index in [-0.39, 0.29) is 17.9 Å². The number of carbonyl (C=O) groups excluding carboxylic acids is 1. The maximum atomic E-state index is 12.2. The number of Topliss-reactive ketones (excluding diaryl/α,β-unsaturated/α-hetero) is 1. The Morgan fingerprint density at radius 3 is 2.52 bits per heavy atom. The monoisotopic (exact) mass is 303 g/mol. The number of rotatable bonds is 3. The molecule has 2 aromatic heterocycles. The third kappa shape index (κ3) is 3.44. The smallest absolute Gasteiger partial charge is 0.337 e. The molecule has 2 rings (SSSR count). The second-order valence-corrected chi connectivity index (χ2v) is 5.39. The zero-order chi connectivity index (χ0) is 15.8. The Balaban J connectivity index is 2.13. The Morgan fingerprint density at radius 1 is 1.33 bits per heavy atom. The average molecular weight is 303 g/mol. The predicted molar refractivity (Wildman–Crippen MR) is 62.5 cm³/mol. The molecule has 0 atom stereocenters. The first-order valence-corrected chi connectivity index (χ1v) is 5.92. The normalized spacial score (nSPS) is 12.7. The van der Waals surface area contributed by atoms with E-state index in [2.05, 4.69) is 20.5 Å². The van der Waals surface area contributed by atoms with Gasteiger partial charge in [0, 0.05) is 5.41 Å². The summed E-state index contributed by atoms with van der Waals surface area (Å²) >= 11 is 0. The largest absolute Gasteiger partial charge is 0.456 e. The molecule has 2 aromatic rings. The average Bonchev–Trinajstić information content (AvgIpc) is 2.95. The summed E-state index contributed by atoms with van der Waals surface area (Å²) in [6.45, 7) is 5.59. The molecule has 0 radical (unpaired) electrons. The Kier molecular flexibility index (Phi) is 3.56. The summed E-state index contributed by atoms with van der Waals surface area (Å²) in [5.74, 6) is -1.42. The fraction of sp³-hybridized carbons (Fsp3) is 0.545. The van der Waals surface area contributed by atoms with E-state index >= 15 is 0 Å². The van der Waals surface area contributed by atoms with Gasteiger partial charge >= 0.3 is 6.18 Å². The summed E-state index contributed by atoms with van der Waals surface area (Å²) in [7, 11) is 0. The van der Waals surface area contributed by atoms with Gasteiger partial charge < -0.3 is 4.52 Å². The maximum absolute atomic E-state index is 12.2. The van der Waals surface area contributed by atoms with Gasteiger partial charge in [-0.15, -0.1) is 5.10 Å². The fourth-order valence-electron chi connectivity index (χ4n) is 1.39. The minimum absolute atomic E-state index is 0.0682. The molecule has 0 aliphatic heterocycles. The van der Waals surface area contributed by atoms with E-state index in [0.717, 1.165) is 10.9 Å². The lowest BCUT2D eigenvalue weighted by Gasteiger charge is -2.10. The van der Waals surface area contributed by atoms with E-state index in [1.54, 1.807) is 0 Å². The van der Waals surface area contributed by atoms with Crippen molar-refractivity contribution in [1.29, 1.82) is 0 Å². The molecular formula is C11H12F3N5O2. The van der Waals surface area contributed by atoms with Crippen molar-refractivity contribution in [1.82, 2.24) is 25.1 Å². The van der Waals surface area contributed by atoms with Gasteiger partial charge in [0.2, 0.25) is 5.89 Å². The van der Waals surface area contributed by atoms with E-state index in [0.29, 0.717) is 5.82 Å². The third-order valence-corrected chi connectivity index (χ3v) is 2.46. The second kappa shape index (κ2) is 4.93. The lowest BCUT2D eigenvalue weighted by Crippen LogP contribution is -2.23. The van der Waals surface area contributed by atoms with Crippen molar-refractivity contribution < 1.29 is 22.5 Å². The lowest BCUT2D eigenvalue weighted by molar-refractivity contribution is -0.0888. The van der Waals surface area contributed by atoms with Crippen LogP contribution < -0.4 is 0 Å². The molecule has 0 unspecified atom stereocenters. The van der Waals surface area contributed by atoms with E-state index in [4.69, 9.17) is 4.52 Å². The summed E-state index contributed by atoms with van der Waals surface area (Å²) in [6.07, 6.45) is -4.10. The van der Waals surface area contributed by atoms with Crippen molar-refractivity contribution in [3.63, 3.8) is 0 Å². The first kappa shape index (κ1) is 15.1. The van der Waals surface area contributed by atoms with Crippen molar-refractivity contribution in [3.05, 3.63) is 23.6 Å². The van der Waals surface area contributed by atoms with Gasteiger partial charge in [-0.05, 0) is 0 Å². The van der Waals surface area contributed by atoms with E-state index < -0.39 is 17.7 Å². The molecule has 0 saturated heterocycles. The number of nitrogens with zero attached hydrogens (tertiary/aromatic N) is 5. The zero-order valence-corrected chi connectivity index (χ0v) is 11.5. The summed E-state index contributed by atoms with van der Waals surface area (Å²) in [5, 5.41) is 10.4. The number of hydrogen-bond donors (Lipinski definition) is 0. The number of alkyl halides is 3. The highest BCUT2D eigenvalue weighted by Gasteiger charge is 2.41. The molecule has 114 valence electrons. The van der Waals surface area contributed by atoms with Crippen molar-refractivity contribution in [2.75, 3.05) is 0 Å². The first-order chi connectivity index (χ1) is 9.57. The van der Waals surface area contributed by atoms with Crippen LogP contribution in [0, 0.1) is 0 Å². The number of hydrogen-bond acceptors (Lipinski definition) is 6. The minimum atomic E-state index is -4.98. The lowest BCUT2D eigenvalue weighted by atomic mass is 9.96. The van der Waals surface area contributed by atoms with Gasteiger partial charge in [-0.2, -0.15) is 18.2 Å². The van der Waals surface area contributed by atoms with Crippen molar-refractivity contribution >= 4 is 5.78 Å². The molecule has 0 aliphatic rings. The van der Waals surface area contributed by atoms with Gasteiger partial charge in [0.25, 0.3) is 5.78 Å². The summed E-state index contributed by atoms with van der Waals surface area (Å²) in [4.78, 5) is 15.1. The zero-order valence-electron chi connectivity index (χ0n) is 11.5. The number of aromatic nitrogens is 5. The molecule has 0 saturated carbocycles. The Morgan fingerprint density at radius 2 is 2.00 bits per heavy atom. The van der Waals surface area contributed by atoms with E-state index in [1.807, 2.05) is 20.8 Å². The van der Waals surface area contributed by atoms with Crippen molar-refractivity contribution in [2.24, 2.45) is 0 Å². The van der Waals surface area contributed by atoms with Crippen LogP contribution in [-0.4, -0.2) is 37.1 Å². The molecule has 21 heavy (non-hydrogen) atoms. The molecule has 7 nitrogen and oxygen atoms in total. The van der Waals surface area contributed by atoms with Crippen LogP contribution in [0.25, 0.3) is 0 Å². The summed E-state index contributed by atoms with van der Waals surface area (Å²) < 4.78 is 42.7. The van der Waals surface area contributed by atoms with Crippen LogP contribution in [0.3, 0.4) is 0 Å². The standard InChI is InChI=1S/C11H12F3N5O2/c1-10(2,3)9-15-7(21-17-9)5-19-4-6(16-18-19)8(20)11(12,13)14/h4H,5H2,1-3H3. The highest BCUT2D eigenvalue weighted by molar-refractivity contribution is 5.98. The molecule has 0 aliphatic carbocycles. The first-order valence-electron chi connectivity index (χ1n) is 5.92. The molecule has 10 heteroatoms. The van der Waals surface area contributed by atoms with Crippen molar-refractivity contribution in [2.45, 2.75) is 38.9 Å². The maximum Gasteiger partial charge on any atom is 0.456 e. The topological polar surface area (TPSA) is 86.7 Å². The third-order valence-electron chi connectivity index (χ3n) is 2.46. The fourth-order valence-corrected chi connectivity index (χ4v) is 1.39. The Hall–Kier alpha value is -2.26. The van der Waals surface area contributed by atoms with Gasteiger partial charge in [-0.1, -0.05) is 31.1 Å². The van der Waals surface area contributed by atoms with Gasteiger partial charge in [-0.25, -0.2) is 4.68 Å². The summed E-state index contributed by atoms with van der Waals surface area (Å²) in [5.41, 5.74) is -1.10. The highest BCUT2D eigenvalue weighted by Crippen LogP contribution is 2.20. The van der Waals surface area contributed by atoms with Gasteiger partial charge in [-0.3, -0.25) is 4.79 Å². The van der Waals surface area contributed by atoms with Crippen LogP contribution in [0.4, 0.5) is 13.2 Å². The molecular weight excluding hydrogens is 291 g/mol. The number of ketones is 1.